The van der Waals surface area contributed by atoms with E-state index in [0.29, 0.717) is 35.7 Å². The maximum absolute atomic E-state index is 14.2. The number of hydrogen-bond acceptors (Lipinski definition) is 7. The number of pyridine rings is 1. The summed E-state index contributed by atoms with van der Waals surface area (Å²) in [5, 5.41) is 2.78. The molecule has 244 valence electrons. The highest BCUT2D eigenvalue weighted by molar-refractivity contribution is 8.32. The first-order valence-electron chi connectivity index (χ1n) is 14.8. The number of nitrogens with one attached hydrogen (secondary N) is 1. The summed E-state index contributed by atoms with van der Waals surface area (Å²) >= 11 is 0. The summed E-state index contributed by atoms with van der Waals surface area (Å²) in [5.41, 5.74) is -1.14. The molecule has 2 saturated heterocycles. The molecule has 0 aliphatic carbocycles. The van der Waals surface area contributed by atoms with E-state index in [2.05, 4.69) is 59.8 Å². The van der Waals surface area contributed by atoms with Crippen molar-refractivity contribution >= 4 is 39.9 Å². The Kier molecular flexibility index (Phi) is 9.67. The molecule has 2 aliphatic rings. The van der Waals surface area contributed by atoms with Gasteiger partial charge in [-0.15, -0.1) is 0 Å². The topological polar surface area (TPSA) is 76.2 Å². The average molecular weight is 639 g/mol. The van der Waals surface area contributed by atoms with Crippen molar-refractivity contribution in [2.45, 2.75) is 71.0 Å². The molecule has 0 radical (unpaired) electrons. The molecule has 0 spiro atoms. The summed E-state index contributed by atoms with van der Waals surface area (Å²) in [6.45, 7) is 13.6. The van der Waals surface area contributed by atoms with Gasteiger partial charge in [-0.3, -0.25) is 9.69 Å². The Morgan fingerprint density at radius 2 is 1.68 bits per heavy atom. The second-order valence-corrected chi connectivity index (χ2v) is 18.4. The number of carbonyl (C=O) groups is 1. The summed E-state index contributed by atoms with van der Waals surface area (Å²) < 4.78 is 60.7. The van der Waals surface area contributed by atoms with E-state index in [9.17, 15) is 18.0 Å². The number of nitrogens with zero attached hydrogens (tertiary/aromatic N) is 3. The van der Waals surface area contributed by atoms with E-state index >= 15 is 0 Å². The molecule has 2 atom stereocenters. The van der Waals surface area contributed by atoms with Crippen LogP contribution in [0, 0.1) is 0 Å². The SMILES string of the molecule is C[C@@H]1CN(c2ccc(B3OC(C)(C)C(C)(C)O3)cc2NC(=O)c2cnc(OCCS(C)(C)C)cc2C(F)(F)F)C[C@H](C)N1C. The Morgan fingerprint density at radius 1 is 1.09 bits per heavy atom. The number of likely N-dealkylation sites (N-methyl/N-ethyl adjacent to an activating group) is 1. The summed E-state index contributed by atoms with van der Waals surface area (Å²) in [7, 11) is 0.456. The Morgan fingerprint density at radius 3 is 2.23 bits per heavy atom. The first-order chi connectivity index (χ1) is 20.2. The van der Waals surface area contributed by atoms with E-state index in [1.165, 1.54) is 0 Å². The minimum absolute atomic E-state index is 0.165. The number of carbonyl (C=O) groups excluding carboxylic acids is 1. The van der Waals surface area contributed by atoms with Crippen LogP contribution in [0.25, 0.3) is 0 Å². The van der Waals surface area contributed by atoms with Crippen molar-refractivity contribution in [3.8, 4) is 5.88 Å². The lowest BCUT2D eigenvalue weighted by Crippen LogP contribution is -2.55. The molecule has 0 saturated carbocycles. The van der Waals surface area contributed by atoms with Crippen molar-refractivity contribution in [3.05, 3.63) is 41.6 Å². The molecular weight excluding hydrogens is 592 g/mol. The minimum Gasteiger partial charge on any atom is -0.477 e. The van der Waals surface area contributed by atoms with Gasteiger partial charge in [0.2, 0.25) is 5.88 Å². The van der Waals surface area contributed by atoms with Gasteiger partial charge in [0.15, 0.2) is 0 Å². The third kappa shape index (κ3) is 7.66. The van der Waals surface area contributed by atoms with Crippen LogP contribution in [0.4, 0.5) is 24.5 Å². The number of halogens is 3. The number of rotatable bonds is 8. The third-order valence-corrected chi connectivity index (χ3v) is 10.3. The maximum Gasteiger partial charge on any atom is 0.494 e. The lowest BCUT2D eigenvalue weighted by Gasteiger charge is -2.44. The maximum atomic E-state index is 14.2. The van der Waals surface area contributed by atoms with Gasteiger partial charge < -0.3 is 24.3 Å². The van der Waals surface area contributed by atoms with Crippen molar-refractivity contribution in [1.29, 1.82) is 0 Å². The van der Waals surface area contributed by atoms with Crippen LogP contribution in [-0.4, -0.2) is 97.5 Å². The van der Waals surface area contributed by atoms with Gasteiger partial charge in [-0.25, -0.2) is 15.0 Å². The molecule has 1 aromatic heterocycles. The van der Waals surface area contributed by atoms with E-state index in [1.54, 1.807) is 6.07 Å². The van der Waals surface area contributed by atoms with Gasteiger partial charge in [-0.05, 0) is 85.0 Å². The van der Waals surface area contributed by atoms with Crippen LogP contribution >= 0.6 is 10.0 Å². The molecule has 8 nitrogen and oxygen atoms in total. The fourth-order valence-electron chi connectivity index (χ4n) is 5.17. The normalized spacial score (nSPS) is 22.7. The first-order valence-corrected chi connectivity index (χ1v) is 17.8. The third-order valence-electron chi connectivity index (χ3n) is 8.87. The molecular formula is C31H46BF3N4O4S. The van der Waals surface area contributed by atoms with Gasteiger partial charge in [0.05, 0.1) is 40.3 Å². The number of amides is 1. The van der Waals surface area contributed by atoms with Crippen LogP contribution in [0.2, 0.25) is 0 Å². The highest BCUT2D eigenvalue weighted by Gasteiger charge is 2.52. The molecule has 4 rings (SSSR count). The molecule has 0 unspecified atom stereocenters. The number of alkyl halides is 3. The summed E-state index contributed by atoms with van der Waals surface area (Å²) in [5.74, 6) is -0.372. The molecule has 1 N–H and O–H groups in total. The Labute approximate surface area is 261 Å². The van der Waals surface area contributed by atoms with E-state index in [1.807, 2.05) is 39.8 Å². The van der Waals surface area contributed by atoms with E-state index < -0.39 is 51.6 Å². The minimum atomic E-state index is -4.79. The Balaban J connectivity index is 1.69. The molecule has 2 fully saturated rings. The fraction of sp³-hybridized carbons (Fsp3) is 0.613. The van der Waals surface area contributed by atoms with E-state index in [0.717, 1.165) is 12.3 Å². The first kappa shape index (κ1) is 34.4. The molecule has 0 bridgehead atoms. The predicted octanol–water partition coefficient (Wildman–Crippen LogP) is 5.25. The van der Waals surface area contributed by atoms with Crippen LogP contribution in [-0.2, 0) is 15.5 Å². The summed E-state index contributed by atoms with van der Waals surface area (Å²) in [4.78, 5) is 22.1. The molecule has 1 aromatic carbocycles. The summed E-state index contributed by atoms with van der Waals surface area (Å²) in [6, 6.07) is 6.73. The van der Waals surface area contributed by atoms with Gasteiger partial charge in [0.25, 0.3) is 5.91 Å². The standard InChI is InChI=1S/C31H46BF3N4O4S/c1-20-18-39(19-21(2)38(20)7)26-12-11-22(32-42-29(3,4)30(5,6)43-32)15-25(26)37-28(40)23-17-36-27(16-24(23)31(33,34)35)41-13-14-44(8,9)10/h11-12,15-17,20-21H,13-14,18-19H2,1-10H3,(H,37,40)/t20-,21+. The van der Waals surface area contributed by atoms with Crippen molar-refractivity contribution < 1.29 is 32.0 Å². The largest absolute Gasteiger partial charge is 0.494 e. The van der Waals surface area contributed by atoms with Crippen LogP contribution in [0.5, 0.6) is 5.88 Å². The van der Waals surface area contributed by atoms with Crippen LogP contribution in [0.3, 0.4) is 0 Å². The van der Waals surface area contributed by atoms with Crippen LogP contribution in [0.15, 0.2) is 30.5 Å². The fourth-order valence-corrected chi connectivity index (χ4v) is 5.76. The van der Waals surface area contributed by atoms with Gasteiger partial charge in [0, 0.05) is 43.2 Å². The highest BCUT2D eigenvalue weighted by atomic mass is 32.3. The Hall–Kier alpha value is -2.48. The monoisotopic (exact) mass is 638 g/mol. The van der Waals surface area contributed by atoms with Crippen molar-refractivity contribution in [2.75, 3.05) is 61.5 Å². The quantitative estimate of drug-likeness (QED) is 0.396. The molecule has 2 aromatic rings. The molecule has 1 amide bonds. The molecule has 2 aliphatic heterocycles. The zero-order chi connectivity index (χ0) is 32.8. The zero-order valence-electron chi connectivity index (χ0n) is 27.5. The zero-order valence-corrected chi connectivity index (χ0v) is 28.3. The Bertz CT molecular complexity index is 1340. The number of hydrogen-bond donors (Lipinski definition) is 1. The van der Waals surface area contributed by atoms with Crippen molar-refractivity contribution in [3.63, 3.8) is 0 Å². The lowest BCUT2D eigenvalue weighted by molar-refractivity contribution is -0.138. The number of benzene rings is 1. The number of aromatic nitrogens is 1. The van der Waals surface area contributed by atoms with E-state index in [-0.39, 0.29) is 24.6 Å². The second-order valence-electron chi connectivity index (χ2n) is 13.8. The van der Waals surface area contributed by atoms with Gasteiger partial charge in [0.1, 0.15) is 0 Å². The lowest BCUT2D eigenvalue weighted by atomic mass is 9.78. The molecule has 44 heavy (non-hydrogen) atoms. The molecule has 13 heteroatoms. The second kappa shape index (κ2) is 12.4. The smallest absolute Gasteiger partial charge is 0.477 e. The van der Waals surface area contributed by atoms with Gasteiger partial charge in [-0.2, -0.15) is 13.2 Å². The predicted molar refractivity (Wildman–Crippen MR) is 174 cm³/mol. The summed E-state index contributed by atoms with van der Waals surface area (Å²) in [6.07, 6.45) is 2.43. The highest BCUT2D eigenvalue weighted by Crippen LogP contribution is 2.39. The number of piperazine rings is 1. The van der Waals surface area contributed by atoms with Gasteiger partial charge in [-0.1, -0.05) is 6.07 Å². The van der Waals surface area contributed by atoms with Gasteiger partial charge >= 0.3 is 13.3 Å². The van der Waals surface area contributed by atoms with Crippen LogP contribution in [0.1, 0.15) is 57.5 Å². The number of ether oxygens (including phenoxy) is 1. The van der Waals surface area contributed by atoms with Crippen LogP contribution < -0.4 is 20.4 Å². The van der Waals surface area contributed by atoms with Crippen molar-refractivity contribution in [2.24, 2.45) is 0 Å². The average Bonchev–Trinajstić information content (AvgIpc) is 3.12. The van der Waals surface area contributed by atoms with E-state index in [4.69, 9.17) is 14.0 Å². The number of anilines is 2. The molecule has 3 heterocycles. The van der Waals surface area contributed by atoms with Crippen molar-refractivity contribution in [1.82, 2.24) is 9.88 Å².